The molecule has 1 heterocycles. The summed E-state index contributed by atoms with van der Waals surface area (Å²) in [6.07, 6.45) is 8.42. The fourth-order valence-electron chi connectivity index (χ4n) is 2.88. The highest BCUT2D eigenvalue weighted by molar-refractivity contribution is 4.81. The number of hydrogen-bond acceptors (Lipinski definition) is 2. The summed E-state index contributed by atoms with van der Waals surface area (Å²) in [6.45, 7) is 13.0. The summed E-state index contributed by atoms with van der Waals surface area (Å²) in [7, 11) is 0. The lowest BCUT2D eigenvalue weighted by molar-refractivity contribution is 0.314. The Morgan fingerprint density at radius 2 is 1.78 bits per heavy atom. The van der Waals surface area contributed by atoms with Gasteiger partial charge in [0.1, 0.15) is 0 Å². The highest BCUT2D eigenvalue weighted by Crippen LogP contribution is 2.13. The van der Waals surface area contributed by atoms with Crippen LogP contribution in [0, 0.1) is 5.92 Å². The summed E-state index contributed by atoms with van der Waals surface area (Å²) < 4.78 is 0. The molecule has 0 aromatic carbocycles. The first-order valence-corrected chi connectivity index (χ1v) is 8.06. The third-order valence-electron chi connectivity index (χ3n) is 3.85. The first kappa shape index (κ1) is 16.0. The van der Waals surface area contributed by atoms with Crippen LogP contribution in [0.1, 0.15) is 66.2 Å². The zero-order valence-corrected chi connectivity index (χ0v) is 13.0. The van der Waals surface area contributed by atoms with Crippen LogP contribution in [-0.2, 0) is 0 Å². The summed E-state index contributed by atoms with van der Waals surface area (Å²) in [4.78, 5) is 2.64. The molecule has 1 saturated heterocycles. The van der Waals surface area contributed by atoms with Gasteiger partial charge in [-0.2, -0.15) is 0 Å². The lowest BCUT2D eigenvalue weighted by atomic mass is 10.0. The Balaban J connectivity index is 1.94. The van der Waals surface area contributed by atoms with Crippen LogP contribution < -0.4 is 5.32 Å². The van der Waals surface area contributed by atoms with Gasteiger partial charge < -0.3 is 10.2 Å². The molecule has 2 nitrogen and oxygen atoms in total. The van der Waals surface area contributed by atoms with Crippen LogP contribution >= 0.6 is 0 Å². The van der Waals surface area contributed by atoms with Gasteiger partial charge in [0.2, 0.25) is 0 Å². The van der Waals surface area contributed by atoms with Crippen molar-refractivity contribution in [2.24, 2.45) is 5.92 Å². The molecule has 0 bridgehead atoms. The first-order chi connectivity index (χ1) is 8.58. The molecule has 18 heavy (non-hydrogen) atoms. The molecule has 0 amide bonds. The van der Waals surface area contributed by atoms with Crippen LogP contribution in [-0.4, -0.2) is 36.6 Å². The zero-order chi connectivity index (χ0) is 13.4. The molecule has 1 atom stereocenters. The maximum atomic E-state index is 3.65. The van der Waals surface area contributed by atoms with Gasteiger partial charge in [0, 0.05) is 18.6 Å². The second kappa shape index (κ2) is 8.92. The number of likely N-dealkylation sites (tertiary alicyclic amines) is 1. The maximum Gasteiger partial charge on any atom is 0.0209 e. The molecule has 108 valence electrons. The smallest absolute Gasteiger partial charge is 0.0209 e. The van der Waals surface area contributed by atoms with Gasteiger partial charge in [-0.3, -0.25) is 0 Å². The predicted octanol–water partition coefficient (Wildman–Crippen LogP) is 3.67. The Morgan fingerprint density at radius 3 is 2.44 bits per heavy atom. The number of nitrogens with one attached hydrogen (secondary N) is 1. The Hall–Kier alpha value is -0.0800. The number of unbranched alkanes of at least 4 members (excludes halogenated alkanes) is 3. The van der Waals surface area contributed by atoms with Gasteiger partial charge in [-0.15, -0.1) is 0 Å². The van der Waals surface area contributed by atoms with Crippen molar-refractivity contribution in [1.82, 2.24) is 10.2 Å². The van der Waals surface area contributed by atoms with Crippen LogP contribution in [0.5, 0.6) is 0 Å². The highest BCUT2D eigenvalue weighted by Gasteiger charge is 2.21. The molecule has 0 aromatic heterocycles. The lowest BCUT2D eigenvalue weighted by Gasteiger charge is -2.18. The van der Waals surface area contributed by atoms with Crippen molar-refractivity contribution >= 4 is 0 Å². The third-order valence-corrected chi connectivity index (χ3v) is 3.85. The average molecular weight is 254 g/mol. The van der Waals surface area contributed by atoms with E-state index in [4.69, 9.17) is 0 Å². The molecular formula is C16H34N2. The van der Waals surface area contributed by atoms with Crippen LogP contribution in [0.15, 0.2) is 0 Å². The molecule has 0 spiro atoms. The summed E-state index contributed by atoms with van der Waals surface area (Å²) in [5, 5.41) is 3.65. The molecule has 0 unspecified atom stereocenters. The second-order valence-corrected chi connectivity index (χ2v) is 6.70. The Labute approximate surface area is 115 Å². The third kappa shape index (κ3) is 7.38. The van der Waals surface area contributed by atoms with E-state index in [1.807, 2.05) is 0 Å². The van der Waals surface area contributed by atoms with Crippen LogP contribution in [0.2, 0.25) is 0 Å². The molecule has 1 N–H and O–H groups in total. The van der Waals surface area contributed by atoms with Crippen molar-refractivity contribution in [3.05, 3.63) is 0 Å². The van der Waals surface area contributed by atoms with E-state index in [1.165, 1.54) is 58.2 Å². The van der Waals surface area contributed by atoms with E-state index in [0.717, 1.165) is 12.0 Å². The van der Waals surface area contributed by atoms with Gasteiger partial charge >= 0.3 is 0 Å². The van der Waals surface area contributed by atoms with Gasteiger partial charge in [0.15, 0.2) is 0 Å². The summed E-state index contributed by atoms with van der Waals surface area (Å²) in [5.41, 5.74) is 0. The molecule has 1 aliphatic heterocycles. The second-order valence-electron chi connectivity index (χ2n) is 6.70. The fraction of sp³-hybridized carbons (Fsp3) is 1.00. The SMILES string of the molecule is CC(C)CCCCCCN1CC[C@H](NC(C)C)C1. The summed E-state index contributed by atoms with van der Waals surface area (Å²) in [5.74, 6) is 0.881. The van der Waals surface area contributed by atoms with Crippen molar-refractivity contribution < 1.29 is 0 Å². The Kier molecular flexibility index (Phi) is 7.92. The van der Waals surface area contributed by atoms with Crippen LogP contribution in [0.3, 0.4) is 0 Å². The molecule has 1 rings (SSSR count). The average Bonchev–Trinajstić information content (AvgIpc) is 2.69. The Bertz CT molecular complexity index is 201. The Morgan fingerprint density at radius 1 is 1.06 bits per heavy atom. The van der Waals surface area contributed by atoms with Gasteiger partial charge in [-0.25, -0.2) is 0 Å². The monoisotopic (exact) mass is 254 g/mol. The first-order valence-electron chi connectivity index (χ1n) is 8.06. The topological polar surface area (TPSA) is 15.3 Å². The molecule has 0 saturated carbocycles. The van der Waals surface area contributed by atoms with Crippen molar-refractivity contribution in [1.29, 1.82) is 0 Å². The lowest BCUT2D eigenvalue weighted by Crippen LogP contribution is -2.37. The van der Waals surface area contributed by atoms with Crippen molar-refractivity contribution in [2.45, 2.75) is 78.3 Å². The zero-order valence-electron chi connectivity index (χ0n) is 13.0. The molecule has 2 heteroatoms. The van der Waals surface area contributed by atoms with Crippen LogP contribution in [0.4, 0.5) is 0 Å². The van der Waals surface area contributed by atoms with Crippen molar-refractivity contribution in [2.75, 3.05) is 19.6 Å². The minimum atomic E-state index is 0.631. The minimum Gasteiger partial charge on any atom is -0.310 e. The highest BCUT2D eigenvalue weighted by atomic mass is 15.2. The van der Waals surface area contributed by atoms with Gasteiger partial charge in [0.25, 0.3) is 0 Å². The minimum absolute atomic E-state index is 0.631. The van der Waals surface area contributed by atoms with E-state index in [0.29, 0.717) is 6.04 Å². The molecule has 1 aliphatic rings. The van der Waals surface area contributed by atoms with E-state index in [9.17, 15) is 0 Å². The van der Waals surface area contributed by atoms with E-state index in [2.05, 4.69) is 37.9 Å². The molecule has 0 aromatic rings. The van der Waals surface area contributed by atoms with Gasteiger partial charge in [0.05, 0.1) is 0 Å². The summed E-state index contributed by atoms with van der Waals surface area (Å²) >= 11 is 0. The largest absolute Gasteiger partial charge is 0.310 e. The number of nitrogens with zero attached hydrogens (tertiary/aromatic N) is 1. The van der Waals surface area contributed by atoms with Gasteiger partial charge in [-0.05, 0) is 31.8 Å². The van der Waals surface area contributed by atoms with E-state index < -0.39 is 0 Å². The quantitative estimate of drug-likeness (QED) is 0.632. The molecule has 0 aliphatic carbocycles. The van der Waals surface area contributed by atoms with E-state index in [-0.39, 0.29) is 0 Å². The molecule has 0 radical (unpaired) electrons. The van der Waals surface area contributed by atoms with Gasteiger partial charge in [-0.1, -0.05) is 53.4 Å². The van der Waals surface area contributed by atoms with E-state index in [1.54, 1.807) is 0 Å². The van der Waals surface area contributed by atoms with Crippen molar-refractivity contribution in [3.63, 3.8) is 0 Å². The van der Waals surface area contributed by atoms with Crippen molar-refractivity contribution in [3.8, 4) is 0 Å². The summed E-state index contributed by atoms with van der Waals surface area (Å²) in [6, 6.07) is 1.37. The fourth-order valence-corrected chi connectivity index (χ4v) is 2.88. The predicted molar refractivity (Wildman–Crippen MR) is 81.0 cm³/mol. The van der Waals surface area contributed by atoms with Crippen LogP contribution in [0.25, 0.3) is 0 Å². The molecular weight excluding hydrogens is 220 g/mol. The maximum absolute atomic E-state index is 3.65. The number of rotatable bonds is 9. The normalized spacial score (nSPS) is 21.3. The van der Waals surface area contributed by atoms with E-state index >= 15 is 0 Å². The number of hydrogen-bond donors (Lipinski definition) is 1. The standard InChI is InChI=1S/C16H34N2/c1-14(2)9-7-5-6-8-11-18-12-10-16(13-18)17-15(3)4/h14-17H,5-13H2,1-4H3/t16-/m0/s1. The molecule has 1 fully saturated rings.